The van der Waals surface area contributed by atoms with Gasteiger partial charge in [0.2, 0.25) is 5.91 Å². The molecule has 1 atom stereocenters. The molecule has 1 aliphatic rings. The smallest absolute Gasteiger partial charge is 0.259 e. The van der Waals surface area contributed by atoms with Crippen LogP contribution in [0.15, 0.2) is 23.0 Å². The summed E-state index contributed by atoms with van der Waals surface area (Å²) in [6, 6.07) is 1.90. The van der Waals surface area contributed by atoms with E-state index < -0.39 is 0 Å². The van der Waals surface area contributed by atoms with Crippen molar-refractivity contribution in [3.63, 3.8) is 0 Å². The predicted octanol–water partition coefficient (Wildman–Crippen LogP) is 2.51. The molecule has 2 aromatic rings. The molecule has 0 aliphatic carbocycles. The van der Waals surface area contributed by atoms with Gasteiger partial charge in [-0.2, -0.15) is 4.98 Å². The lowest BCUT2D eigenvalue weighted by Crippen LogP contribution is -2.31. The zero-order valence-corrected chi connectivity index (χ0v) is 12.5. The van der Waals surface area contributed by atoms with Crippen LogP contribution in [0.4, 0.5) is 0 Å². The first-order valence-corrected chi connectivity index (χ1v) is 7.16. The van der Waals surface area contributed by atoms with Gasteiger partial charge in [0.25, 0.3) is 5.89 Å². The van der Waals surface area contributed by atoms with Crippen molar-refractivity contribution in [1.29, 1.82) is 0 Å². The molecule has 1 aliphatic heterocycles. The second-order valence-electron chi connectivity index (χ2n) is 5.39. The van der Waals surface area contributed by atoms with E-state index in [-0.39, 0.29) is 17.9 Å². The van der Waals surface area contributed by atoms with Crippen molar-refractivity contribution in [3.05, 3.63) is 29.3 Å². The van der Waals surface area contributed by atoms with E-state index in [4.69, 9.17) is 16.1 Å². The van der Waals surface area contributed by atoms with Crippen molar-refractivity contribution < 1.29 is 9.32 Å². The summed E-state index contributed by atoms with van der Waals surface area (Å²) in [4.78, 5) is 22.1. The zero-order chi connectivity index (χ0) is 15.0. The molecule has 0 saturated carbocycles. The van der Waals surface area contributed by atoms with E-state index in [1.165, 1.54) is 0 Å². The highest BCUT2D eigenvalue weighted by molar-refractivity contribution is 6.30. The summed E-state index contributed by atoms with van der Waals surface area (Å²) in [5, 5.41) is 4.51. The highest BCUT2D eigenvalue weighted by Gasteiger charge is 2.34. The Balaban J connectivity index is 1.81. The molecule has 21 heavy (non-hydrogen) atoms. The molecule has 0 N–H and O–H groups in total. The number of hydrogen-bond donors (Lipinski definition) is 0. The fourth-order valence-electron chi connectivity index (χ4n) is 2.45. The number of aromatic nitrogens is 3. The minimum Gasteiger partial charge on any atom is -0.340 e. The first-order chi connectivity index (χ1) is 10.0. The van der Waals surface area contributed by atoms with Crippen LogP contribution in [0.3, 0.4) is 0 Å². The number of pyridine rings is 1. The number of halogens is 1. The summed E-state index contributed by atoms with van der Waals surface area (Å²) in [6.07, 6.45) is 3.58. The topological polar surface area (TPSA) is 72.1 Å². The summed E-state index contributed by atoms with van der Waals surface area (Å²) in [7, 11) is 0. The maximum Gasteiger partial charge on any atom is 0.259 e. The second kappa shape index (κ2) is 5.44. The maximum atomic E-state index is 11.9. The van der Waals surface area contributed by atoms with Gasteiger partial charge in [-0.15, -0.1) is 0 Å². The molecule has 3 rings (SSSR count). The molecule has 0 spiro atoms. The number of hydrogen-bond acceptors (Lipinski definition) is 5. The Bertz CT molecular complexity index is 670. The largest absolute Gasteiger partial charge is 0.340 e. The van der Waals surface area contributed by atoms with Crippen LogP contribution < -0.4 is 0 Å². The van der Waals surface area contributed by atoms with Gasteiger partial charge in [-0.3, -0.25) is 9.78 Å². The molecular formula is C14H15ClN4O2. The van der Waals surface area contributed by atoms with Crippen LogP contribution in [0, 0.1) is 0 Å². The van der Waals surface area contributed by atoms with Crippen molar-refractivity contribution in [3.8, 4) is 11.5 Å². The molecule has 3 heterocycles. The Morgan fingerprint density at radius 2 is 2.24 bits per heavy atom. The van der Waals surface area contributed by atoms with Gasteiger partial charge in [0.05, 0.1) is 10.6 Å². The summed E-state index contributed by atoms with van der Waals surface area (Å²) in [5.41, 5.74) is 0.672. The molecule has 1 saturated heterocycles. The van der Waals surface area contributed by atoms with Gasteiger partial charge >= 0.3 is 0 Å². The van der Waals surface area contributed by atoms with Gasteiger partial charge in [-0.25, -0.2) is 0 Å². The molecule has 0 aromatic carbocycles. The number of likely N-dealkylation sites (tertiary alicyclic amines) is 1. The van der Waals surface area contributed by atoms with Gasteiger partial charge in [-0.05, 0) is 19.9 Å². The van der Waals surface area contributed by atoms with E-state index in [1.54, 1.807) is 18.5 Å². The van der Waals surface area contributed by atoms with Crippen LogP contribution in [0.5, 0.6) is 0 Å². The van der Waals surface area contributed by atoms with Crippen molar-refractivity contribution in [2.24, 2.45) is 0 Å². The monoisotopic (exact) mass is 306 g/mol. The summed E-state index contributed by atoms with van der Waals surface area (Å²) in [6.45, 7) is 4.63. The van der Waals surface area contributed by atoms with Gasteiger partial charge < -0.3 is 9.42 Å². The summed E-state index contributed by atoms with van der Waals surface area (Å²) < 4.78 is 5.26. The normalized spacial score (nSPS) is 18.8. The average molecular weight is 307 g/mol. The van der Waals surface area contributed by atoms with Crippen LogP contribution in [0.1, 0.15) is 32.0 Å². The van der Waals surface area contributed by atoms with E-state index in [0.29, 0.717) is 35.3 Å². The Labute approximate surface area is 127 Å². The quantitative estimate of drug-likeness (QED) is 0.871. The number of nitrogens with zero attached hydrogens (tertiary/aromatic N) is 4. The number of amides is 1. The number of rotatable bonds is 3. The van der Waals surface area contributed by atoms with Gasteiger partial charge in [-0.1, -0.05) is 16.8 Å². The van der Waals surface area contributed by atoms with E-state index >= 15 is 0 Å². The predicted molar refractivity (Wildman–Crippen MR) is 76.7 cm³/mol. The molecule has 1 amide bonds. The van der Waals surface area contributed by atoms with Crippen molar-refractivity contribution in [2.75, 3.05) is 6.54 Å². The van der Waals surface area contributed by atoms with Crippen LogP contribution in [0.25, 0.3) is 11.5 Å². The highest BCUT2D eigenvalue weighted by atomic mass is 35.5. The lowest BCUT2D eigenvalue weighted by atomic mass is 10.1. The highest BCUT2D eigenvalue weighted by Crippen LogP contribution is 2.29. The van der Waals surface area contributed by atoms with Gasteiger partial charge in [0.1, 0.15) is 0 Å². The first-order valence-electron chi connectivity index (χ1n) is 6.78. The first kappa shape index (κ1) is 14.0. The Morgan fingerprint density at radius 3 is 2.90 bits per heavy atom. The van der Waals surface area contributed by atoms with Crippen LogP contribution in [0.2, 0.25) is 5.02 Å². The Kier molecular flexibility index (Phi) is 3.63. The lowest BCUT2D eigenvalue weighted by Gasteiger charge is -2.20. The van der Waals surface area contributed by atoms with Gasteiger partial charge in [0, 0.05) is 37.3 Å². The minimum absolute atomic E-state index is 0.0236. The van der Waals surface area contributed by atoms with Gasteiger partial charge in [0.15, 0.2) is 5.82 Å². The lowest BCUT2D eigenvalue weighted by molar-refractivity contribution is -0.129. The minimum atomic E-state index is -0.0236. The molecule has 7 heteroatoms. The van der Waals surface area contributed by atoms with E-state index in [1.807, 2.05) is 18.7 Å². The fraction of sp³-hybridized carbons (Fsp3) is 0.429. The van der Waals surface area contributed by atoms with Crippen LogP contribution in [-0.4, -0.2) is 38.5 Å². The Morgan fingerprint density at radius 1 is 1.43 bits per heavy atom. The van der Waals surface area contributed by atoms with Crippen molar-refractivity contribution in [2.45, 2.75) is 32.2 Å². The van der Waals surface area contributed by atoms with E-state index in [2.05, 4.69) is 15.1 Å². The molecule has 0 radical (unpaired) electrons. The van der Waals surface area contributed by atoms with Crippen molar-refractivity contribution >= 4 is 17.5 Å². The summed E-state index contributed by atoms with van der Waals surface area (Å²) in [5.74, 6) is 1.03. The molecule has 0 bridgehead atoms. The molecule has 1 unspecified atom stereocenters. The average Bonchev–Trinajstić information content (AvgIpc) is 3.05. The summed E-state index contributed by atoms with van der Waals surface area (Å²) >= 11 is 5.90. The third-order valence-corrected chi connectivity index (χ3v) is 3.75. The number of carbonyl (C=O) groups excluding carboxylic acids is 1. The van der Waals surface area contributed by atoms with Crippen LogP contribution in [-0.2, 0) is 4.79 Å². The SMILES string of the molecule is CC(C)N1CC(c2noc(-c3cncc(Cl)c3)n2)CC1=O. The molecule has 2 aromatic heterocycles. The maximum absolute atomic E-state index is 11.9. The third kappa shape index (κ3) is 2.76. The molecule has 110 valence electrons. The van der Waals surface area contributed by atoms with E-state index in [0.717, 1.165) is 0 Å². The zero-order valence-electron chi connectivity index (χ0n) is 11.8. The molecule has 6 nitrogen and oxygen atoms in total. The third-order valence-electron chi connectivity index (χ3n) is 3.54. The molecule has 1 fully saturated rings. The Hall–Kier alpha value is -1.95. The fourth-order valence-corrected chi connectivity index (χ4v) is 2.62. The molecular weight excluding hydrogens is 292 g/mol. The second-order valence-corrected chi connectivity index (χ2v) is 5.83. The standard InChI is InChI=1S/C14H15ClN4O2/c1-8(2)19-7-10(4-12(19)20)13-17-14(21-18-13)9-3-11(15)6-16-5-9/h3,5-6,8,10H,4,7H2,1-2H3. The van der Waals surface area contributed by atoms with Crippen molar-refractivity contribution in [1.82, 2.24) is 20.0 Å². The number of carbonyl (C=O) groups is 1. The van der Waals surface area contributed by atoms with E-state index in [9.17, 15) is 4.79 Å². The van der Waals surface area contributed by atoms with Crippen LogP contribution >= 0.6 is 11.6 Å².